The van der Waals surface area contributed by atoms with E-state index in [-0.39, 0.29) is 11.7 Å². The van der Waals surface area contributed by atoms with E-state index in [1.54, 1.807) is 6.33 Å². The number of anilines is 1. The lowest BCUT2D eigenvalue weighted by Gasteiger charge is -2.08. The van der Waals surface area contributed by atoms with Crippen LogP contribution in [0.1, 0.15) is 5.56 Å². The second-order valence-electron chi connectivity index (χ2n) is 5.89. The fourth-order valence-electron chi connectivity index (χ4n) is 2.77. The van der Waals surface area contributed by atoms with Gasteiger partial charge in [0.05, 0.1) is 17.0 Å². The molecule has 4 rings (SSSR count). The van der Waals surface area contributed by atoms with E-state index in [4.69, 9.17) is 0 Å². The zero-order valence-corrected chi connectivity index (χ0v) is 16.3. The van der Waals surface area contributed by atoms with Gasteiger partial charge in [-0.3, -0.25) is 4.79 Å². The molecule has 0 saturated carbocycles. The summed E-state index contributed by atoms with van der Waals surface area (Å²) in [5.41, 5.74) is 4.65. The van der Waals surface area contributed by atoms with Crippen LogP contribution in [0.15, 0.2) is 58.3 Å². The van der Waals surface area contributed by atoms with Crippen LogP contribution in [-0.4, -0.2) is 26.6 Å². The highest BCUT2D eigenvalue weighted by molar-refractivity contribution is 9.10. The van der Waals surface area contributed by atoms with Crippen molar-refractivity contribution in [3.05, 3.63) is 58.8 Å². The molecule has 0 atom stereocenters. The summed E-state index contributed by atoms with van der Waals surface area (Å²) in [5.74, 6) is 0.185. The molecular weight excluding hydrogens is 412 g/mol. The number of H-pyrrole nitrogens is 1. The van der Waals surface area contributed by atoms with E-state index >= 15 is 0 Å². The molecule has 4 aromatic rings. The first-order chi connectivity index (χ1) is 12.6. The first-order valence-corrected chi connectivity index (χ1v) is 9.80. The number of amides is 1. The maximum Gasteiger partial charge on any atom is 0.234 e. The molecule has 26 heavy (non-hydrogen) atoms. The van der Waals surface area contributed by atoms with Crippen molar-refractivity contribution in [2.45, 2.75) is 11.9 Å². The van der Waals surface area contributed by atoms with Gasteiger partial charge in [-0.25, -0.2) is 9.97 Å². The van der Waals surface area contributed by atoms with Crippen LogP contribution in [0.25, 0.3) is 21.9 Å². The van der Waals surface area contributed by atoms with Gasteiger partial charge >= 0.3 is 0 Å². The lowest BCUT2D eigenvalue weighted by atomic mass is 10.2. The molecule has 5 nitrogen and oxygen atoms in total. The van der Waals surface area contributed by atoms with Crippen molar-refractivity contribution in [1.82, 2.24) is 15.0 Å². The zero-order chi connectivity index (χ0) is 18.1. The van der Waals surface area contributed by atoms with Gasteiger partial charge in [-0.15, -0.1) is 0 Å². The summed E-state index contributed by atoms with van der Waals surface area (Å²) in [6, 6.07) is 13.8. The molecule has 2 heterocycles. The van der Waals surface area contributed by atoms with E-state index in [1.165, 1.54) is 11.8 Å². The van der Waals surface area contributed by atoms with Gasteiger partial charge in [-0.05, 0) is 46.6 Å². The third kappa shape index (κ3) is 3.32. The van der Waals surface area contributed by atoms with Crippen molar-refractivity contribution < 1.29 is 4.79 Å². The number of carbonyl (C=O) groups excluding carboxylic acids is 1. The third-order valence-electron chi connectivity index (χ3n) is 3.99. The fourth-order valence-corrected chi connectivity index (χ4v) is 4.12. The maximum atomic E-state index is 12.3. The Balaban J connectivity index is 1.53. The molecule has 2 aromatic carbocycles. The Hall–Kier alpha value is -2.38. The van der Waals surface area contributed by atoms with Crippen molar-refractivity contribution >= 4 is 61.2 Å². The van der Waals surface area contributed by atoms with Crippen molar-refractivity contribution in [1.29, 1.82) is 0 Å². The number of rotatable bonds is 4. The van der Waals surface area contributed by atoms with Gasteiger partial charge in [0.15, 0.2) is 0 Å². The van der Waals surface area contributed by atoms with E-state index in [0.29, 0.717) is 0 Å². The predicted molar refractivity (Wildman–Crippen MR) is 110 cm³/mol. The number of hydrogen-bond donors (Lipinski definition) is 2. The topological polar surface area (TPSA) is 70.7 Å². The Morgan fingerprint density at radius 2 is 2.08 bits per heavy atom. The highest BCUT2D eigenvalue weighted by atomic mass is 79.9. The number of aromatic amines is 1. The summed E-state index contributed by atoms with van der Waals surface area (Å²) >= 11 is 4.87. The molecule has 2 N–H and O–H groups in total. The SMILES string of the molecule is Cc1ccc(NC(=O)CSc2ncnc3c2[nH]c2ccccc23)c(Br)c1. The number of hydrogen-bond acceptors (Lipinski definition) is 4. The summed E-state index contributed by atoms with van der Waals surface area (Å²) in [5, 5.41) is 4.75. The smallest absolute Gasteiger partial charge is 0.234 e. The summed E-state index contributed by atoms with van der Waals surface area (Å²) in [6.45, 7) is 2.01. The minimum absolute atomic E-state index is 0.0811. The summed E-state index contributed by atoms with van der Waals surface area (Å²) in [6.07, 6.45) is 1.54. The predicted octanol–water partition coefficient (Wildman–Crippen LogP) is 4.91. The number of benzene rings is 2. The Morgan fingerprint density at radius 3 is 2.92 bits per heavy atom. The van der Waals surface area contributed by atoms with Crippen molar-refractivity contribution in [2.75, 3.05) is 11.1 Å². The van der Waals surface area contributed by atoms with Gasteiger partial charge in [0.1, 0.15) is 16.9 Å². The molecule has 0 aliphatic rings. The first-order valence-electron chi connectivity index (χ1n) is 8.02. The van der Waals surface area contributed by atoms with Crippen LogP contribution < -0.4 is 5.32 Å². The zero-order valence-electron chi connectivity index (χ0n) is 13.9. The normalized spacial score (nSPS) is 11.2. The van der Waals surface area contributed by atoms with Crippen LogP contribution >= 0.6 is 27.7 Å². The summed E-state index contributed by atoms with van der Waals surface area (Å²) < 4.78 is 0.871. The second kappa shape index (κ2) is 7.09. The molecule has 2 aromatic heterocycles. The van der Waals surface area contributed by atoms with E-state index in [0.717, 1.165) is 42.7 Å². The average Bonchev–Trinajstić information content (AvgIpc) is 3.02. The number of para-hydroxylation sites is 1. The van der Waals surface area contributed by atoms with Crippen molar-refractivity contribution in [3.63, 3.8) is 0 Å². The molecule has 0 aliphatic carbocycles. The molecule has 0 fully saturated rings. The van der Waals surface area contributed by atoms with Crippen LogP contribution in [0.2, 0.25) is 0 Å². The van der Waals surface area contributed by atoms with E-state index < -0.39 is 0 Å². The molecule has 1 amide bonds. The van der Waals surface area contributed by atoms with Crippen LogP contribution in [0.3, 0.4) is 0 Å². The summed E-state index contributed by atoms with van der Waals surface area (Å²) in [4.78, 5) is 24.4. The minimum atomic E-state index is -0.0811. The molecule has 0 spiro atoms. The molecule has 0 saturated heterocycles. The van der Waals surface area contributed by atoms with E-state index in [2.05, 4.69) is 36.2 Å². The van der Waals surface area contributed by atoms with Gasteiger partial charge in [0.25, 0.3) is 0 Å². The number of halogens is 1. The quantitative estimate of drug-likeness (QED) is 0.359. The number of aromatic nitrogens is 3. The Bertz CT molecular complexity index is 1130. The second-order valence-corrected chi connectivity index (χ2v) is 7.71. The Morgan fingerprint density at radius 1 is 1.23 bits per heavy atom. The number of nitrogens with one attached hydrogen (secondary N) is 2. The molecule has 0 unspecified atom stereocenters. The molecule has 7 heteroatoms. The number of aryl methyl sites for hydroxylation is 1. The molecule has 0 radical (unpaired) electrons. The highest BCUT2D eigenvalue weighted by Gasteiger charge is 2.13. The Labute approximate surface area is 162 Å². The van der Waals surface area contributed by atoms with Crippen LogP contribution in [0, 0.1) is 6.92 Å². The number of carbonyl (C=O) groups is 1. The summed E-state index contributed by atoms with van der Waals surface area (Å²) in [7, 11) is 0. The molecular formula is C19H15BrN4OS. The third-order valence-corrected chi connectivity index (χ3v) is 5.64. The number of nitrogens with zero attached hydrogens (tertiary/aromatic N) is 2. The lowest BCUT2D eigenvalue weighted by molar-refractivity contribution is -0.113. The highest BCUT2D eigenvalue weighted by Crippen LogP contribution is 2.30. The first kappa shape index (κ1) is 17.1. The number of thioether (sulfide) groups is 1. The van der Waals surface area contributed by atoms with Crippen LogP contribution in [-0.2, 0) is 4.79 Å². The van der Waals surface area contributed by atoms with Gasteiger partial charge < -0.3 is 10.3 Å². The standard InChI is InChI=1S/C19H15BrN4OS/c1-11-6-7-15(13(20)8-11)23-16(25)9-26-19-18-17(21-10-22-19)12-4-2-3-5-14(12)24-18/h2-8,10,24H,9H2,1H3,(H,23,25). The monoisotopic (exact) mass is 426 g/mol. The van der Waals surface area contributed by atoms with E-state index in [9.17, 15) is 4.79 Å². The van der Waals surface area contributed by atoms with Crippen LogP contribution in [0.4, 0.5) is 5.69 Å². The minimum Gasteiger partial charge on any atom is -0.351 e. The number of fused-ring (bicyclic) bond motifs is 3. The Kier molecular flexibility index (Phi) is 4.65. The lowest BCUT2D eigenvalue weighted by Crippen LogP contribution is -2.14. The van der Waals surface area contributed by atoms with Gasteiger partial charge in [0, 0.05) is 15.4 Å². The molecule has 0 aliphatic heterocycles. The van der Waals surface area contributed by atoms with Crippen molar-refractivity contribution in [2.24, 2.45) is 0 Å². The van der Waals surface area contributed by atoms with E-state index in [1.807, 2.05) is 49.4 Å². The van der Waals surface area contributed by atoms with Crippen molar-refractivity contribution in [3.8, 4) is 0 Å². The fraction of sp³-hybridized carbons (Fsp3) is 0.105. The van der Waals surface area contributed by atoms with Gasteiger partial charge in [0.2, 0.25) is 5.91 Å². The maximum absolute atomic E-state index is 12.3. The molecule has 0 bridgehead atoms. The average molecular weight is 427 g/mol. The largest absolute Gasteiger partial charge is 0.351 e. The van der Waals surface area contributed by atoms with Crippen LogP contribution in [0.5, 0.6) is 0 Å². The molecule has 130 valence electrons. The van der Waals surface area contributed by atoms with Gasteiger partial charge in [-0.1, -0.05) is 36.0 Å². The van der Waals surface area contributed by atoms with Gasteiger partial charge in [-0.2, -0.15) is 0 Å².